The number of halogens is 1. The summed E-state index contributed by atoms with van der Waals surface area (Å²) in [5.74, 6) is 0.801. The van der Waals surface area contributed by atoms with Gasteiger partial charge in [-0.1, -0.05) is 11.6 Å². The molecule has 0 aromatic heterocycles. The first-order valence-electron chi connectivity index (χ1n) is 5.82. The van der Waals surface area contributed by atoms with Crippen LogP contribution in [0.4, 0.5) is 5.69 Å². The molecule has 100 valence electrons. The SMILES string of the molecule is COc1ccc(NCCCC(=O)N(C)C)cc1Cl. The molecule has 0 aliphatic carbocycles. The Morgan fingerprint density at radius 3 is 2.72 bits per heavy atom. The number of rotatable bonds is 6. The van der Waals surface area contributed by atoms with Crippen LogP contribution >= 0.6 is 11.6 Å². The predicted octanol–water partition coefficient (Wildman–Crippen LogP) is 2.63. The molecule has 1 N–H and O–H groups in total. The summed E-state index contributed by atoms with van der Waals surface area (Å²) < 4.78 is 5.07. The van der Waals surface area contributed by atoms with Crippen molar-refractivity contribution < 1.29 is 9.53 Å². The fourth-order valence-corrected chi connectivity index (χ4v) is 1.73. The fourth-order valence-electron chi connectivity index (χ4n) is 1.47. The van der Waals surface area contributed by atoms with Crippen LogP contribution in [0.1, 0.15) is 12.8 Å². The highest BCUT2D eigenvalue weighted by molar-refractivity contribution is 6.32. The van der Waals surface area contributed by atoms with E-state index < -0.39 is 0 Å². The van der Waals surface area contributed by atoms with Crippen molar-refractivity contribution in [1.82, 2.24) is 4.90 Å². The maximum atomic E-state index is 11.4. The van der Waals surface area contributed by atoms with Crippen molar-refractivity contribution in [3.63, 3.8) is 0 Å². The van der Waals surface area contributed by atoms with Crippen LogP contribution in [0.2, 0.25) is 5.02 Å². The van der Waals surface area contributed by atoms with Crippen molar-refractivity contribution >= 4 is 23.2 Å². The van der Waals surface area contributed by atoms with Gasteiger partial charge in [0.05, 0.1) is 12.1 Å². The zero-order chi connectivity index (χ0) is 13.5. The average Bonchev–Trinajstić information content (AvgIpc) is 2.34. The number of ether oxygens (including phenoxy) is 1. The highest BCUT2D eigenvalue weighted by Crippen LogP contribution is 2.27. The molecule has 0 bridgehead atoms. The first-order valence-corrected chi connectivity index (χ1v) is 6.20. The third-order valence-electron chi connectivity index (χ3n) is 2.55. The Kier molecular flexibility index (Phi) is 5.78. The van der Waals surface area contributed by atoms with Gasteiger partial charge < -0.3 is 15.0 Å². The Hall–Kier alpha value is -1.42. The molecule has 1 amide bonds. The maximum Gasteiger partial charge on any atom is 0.222 e. The van der Waals surface area contributed by atoms with Crippen molar-refractivity contribution in [1.29, 1.82) is 0 Å². The third kappa shape index (κ3) is 4.45. The van der Waals surface area contributed by atoms with Crippen molar-refractivity contribution in [3.05, 3.63) is 23.2 Å². The fraction of sp³-hybridized carbons (Fsp3) is 0.462. The van der Waals surface area contributed by atoms with Gasteiger partial charge in [-0.2, -0.15) is 0 Å². The molecule has 1 aromatic rings. The zero-order valence-corrected chi connectivity index (χ0v) is 11.8. The molecule has 4 nitrogen and oxygen atoms in total. The zero-order valence-electron chi connectivity index (χ0n) is 11.0. The lowest BCUT2D eigenvalue weighted by molar-refractivity contribution is -0.128. The van der Waals surface area contributed by atoms with Crippen LogP contribution in [0.25, 0.3) is 0 Å². The van der Waals surface area contributed by atoms with E-state index in [1.807, 2.05) is 18.2 Å². The van der Waals surface area contributed by atoms with E-state index in [1.54, 1.807) is 26.1 Å². The van der Waals surface area contributed by atoms with E-state index in [0.29, 0.717) is 17.2 Å². The van der Waals surface area contributed by atoms with E-state index in [9.17, 15) is 4.79 Å². The minimum Gasteiger partial charge on any atom is -0.495 e. The van der Waals surface area contributed by atoms with Crippen molar-refractivity contribution in [2.45, 2.75) is 12.8 Å². The van der Waals surface area contributed by atoms with Gasteiger partial charge in [0.25, 0.3) is 0 Å². The second-order valence-electron chi connectivity index (χ2n) is 4.17. The Labute approximate surface area is 113 Å². The molecule has 18 heavy (non-hydrogen) atoms. The predicted molar refractivity (Wildman–Crippen MR) is 74.4 cm³/mol. The molecule has 0 unspecified atom stereocenters. The molecule has 0 fully saturated rings. The summed E-state index contributed by atoms with van der Waals surface area (Å²) >= 11 is 6.01. The molecule has 0 saturated heterocycles. The average molecular weight is 271 g/mol. The van der Waals surface area contributed by atoms with Gasteiger partial charge in [0.2, 0.25) is 5.91 Å². The summed E-state index contributed by atoms with van der Waals surface area (Å²) in [6, 6.07) is 5.53. The number of nitrogens with zero attached hydrogens (tertiary/aromatic N) is 1. The number of hydrogen-bond donors (Lipinski definition) is 1. The van der Waals surface area contributed by atoms with Crippen LogP contribution in [0.3, 0.4) is 0 Å². The third-order valence-corrected chi connectivity index (χ3v) is 2.84. The largest absolute Gasteiger partial charge is 0.495 e. The van der Waals surface area contributed by atoms with Crippen molar-refractivity contribution in [3.8, 4) is 5.75 Å². The van der Waals surface area contributed by atoms with Gasteiger partial charge in [0.1, 0.15) is 5.75 Å². The minimum absolute atomic E-state index is 0.143. The number of nitrogens with one attached hydrogen (secondary N) is 1. The summed E-state index contributed by atoms with van der Waals surface area (Å²) in [6.07, 6.45) is 1.34. The van der Waals surface area contributed by atoms with Gasteiger partial charge in [0, 0.05) is 32.7 Å². The summed E-state index contributed by atoms with van der Waals surface area (Å²) in [5.41, 5.74) is 0.929. The summed E-state index contributed by atoms with van der Waals surface area (Å²) in [5, 5.41) is 3.80. The van der Waals surface area contributed by atoms with Gasteiger partial charge in [-0.3, -0.25) is 4.79 Å². The number of benzene rings is 1. The molecule has 0 aliphatic heterocycles. The molecule has 1 rings (SSSR count). The van der Waals surface area contributed by atoms with Crippen LogP contribution < -0.4 is 10.1 Å². The number of amides is 1. The molecule has 0 spiro atoms. The molecule has 0 saturated carbocycles. The molecule has 0 atom stereocenters. The molecule has 5 heteroatoms. The van der Waals surface area contributed by atoms with Crippen LogP contribution in [0.15, 0.2) is 18.2 Å². The number of hydrogen-bond acceptors (Lipinski definition) is 3. The number of methoxy groups -OCH3 is 1. The van der Waals surface area contributed by atoms with Crippen LogP contribution in [0, 0.1) is 0 Å². The van der Waals surface area contributed by atoms with E-state index in [-0.39, 0.29) is 5.91 Å². The van der Waals surface area contributed by atoms with Crippen molar-refractivity contribution in [2.24, 2.45) is 0 Å². The number of anilines is 1. The van der Waals surface area contributed by atoms with E-state index in [2.05, 4.69) is 5.32 Å². The van der Waals surface area contributed by atoms with Crippen LogP contribution in [0.5, 0.6) is 5.75 Å². The molecule has 0 radical (unpaired) electrons. The Morgan fingerprint density at radius 1 is 1.44 bits per heavy atom. The van der Waals surface area contributed by atoms with Gasteiger partial charge in [-0.25, -0.2) is 0 Å². The molecule has 0 aliphatic rings. The lowest BCUT2D eigenvalue weighted by atomic mass is 10.2. The monoisotopic (exact) mass is 270 g/mol. The van der Waals surface area contributed by atoms with Crippen molar-refractivity contribution in [2.75, 3.05) is 33.1 Å². The quantitative estimate of drug-likeness (QED) is 0.808. The topological polar surface area (TPSA) is 41.6 Å². The van der Waals surface area contributed by atoms with E-state index in [1.165, 1.54) is 0 Å². The van der Waals surface area contributed by atoms with E-state index >= 15 is 0 Å². The van der Waals surface area contributed by atoms with Crippen LogP contribution in [-0.2, 0) is 4.79 Å². The number of carbonyl (C=O) groups excluding carboxylic acids is 1. The van der Waals surface area contributed by atoms with Gasteiger partial charge >= 0.3 is 0 Å². The standard InChI is InChI=1S/C13H19ClN2O2/c1-16(2)13(17)5-4-8-15-10-6-7-12(18-3)11(14)9-10/h6-7,9,15H,4-5,8H2,1-3H3. The Morgan fingerprint density at radius 2 is 2.17 bits per heavy atom. The Bertz CT molecular complexity index is 408. The summed E-state index contributed by atoms with van der Waals surface area (Å²) in [6.45, 7) is 0.738. The highest BCUT2D eigenvalue weighted by atomic mass is 35.5. The normalized spacial score (nSPS) is 10.0. The van der Waals surface area contributed by atoms with Gasteiger partial charge in [-0.05, 0) is 24.6 Å². The Balaban J connectivity index is 2.36. The minimum atomic E-state index is 0.143. The first kappa shape index (κ1) is 14.6. The molecule has 0 heterocycles. The molecule has 1 aromatic carbocycles. The van der Waals surface area contributed by atoms with Crippen LogP contribution in [-0.4, -0.2) is 38.6 Å². The first-order chi connectivity index (χ1) is 8.54. The molecular formula is C13H19ClN2O2. The lowest BCUT2D eigenvalue weighted by Crippen LogP contribution is -2.22. The van der Waals surface area contributed by atoms with E-state index in [0.717, 1.165) is 18.7 Å². The second-order valence-corrected chi connectivity index (χ2v) is 4.58. The number of carbonyl (C=O) groups is 1. The smallest absolute Gasteiger partial charge is 0.222 e. The second kappa shape index (κ2) is 7.11. The van der Waals surface area contributed by atoms with Gasteiger partial charge in [-0.15, -0.1) is 0 Å². The van der Waals surface area contributed by atoms with E-state index in [4.69, 9.17) is 16.3 Å². The lowest BCUT2D eigenvalue weighted by Gasteiger charge is -2.11. The van der Waals surface area contributed by atoms with Gasteiger partial charge in [0.15, 0.2) is 0 Å². The maximum absolute atomic E-state index is 11.4. The highest BCUT2D eigenvalue weighted by Gasteiger charge is 2.04. The summed E-state index contributed by atoms with van der Waals surface area (Å²) in [7, 11) is 5.11. The summed E-state index contributed by atoms with van der Waals surface area (Å²) in [4.78, 5) is 13.0. The molecular weight excluding hydrogens is 252 g/mol.